The highest BCUT2D eigenvalue weighted by atomic mass is 19.4. The Morgan fingerprint density at radius 1 is 1.26 bits per heavy atom. The molecular formula is C18H21F3N4O2. The predicted molar refractivity (Wildman–Crippen MR) is 91.6 cm³/mol. The maximum atomic E-state index is 12.9. The second-order valence-corrected chi connectivity index (χ2v) is 6.66. The summed E-state index contributed by atoms with van der Waals surface area (Å²) < 4.78 is 45.9. The van der Waals surface area contributed by atoms with Gasteiger partial charge in [-0.1, -0.05) is 0 Å². The molecule has 1 aromatic heterocycles. The average Bonchev–Trinajstić information content (AvgIpc) is 3.04. The zero-order chi connectivity index (χ0) is 19.6. The maximum Gasteiger partial charge on any atom is 0.416 e. The summed E-state index contributed by atoms with van der Waals surface area (Å²) in [5.41, 5.74) is -0.295. The molecule has 0 saturated heterocycles. The molecule has 0 atom stereocenters. The van der Waals surface area contributed by atoms with E-state index in [9.17, 15) is 18.0 Å². The number of hydrogen-bond acceptors (Lipinski definition) is 4. The van der Waals surface area contributed by atoms with Gasteiger partial charge in [-0.2, -0.15) is 13.2 Å². The van der Waals surface area contributed by atoms with E-state index in [1.54, 1.807) is 14.0 Å². The van der Waals surface area contributed by atoms with Crippen LogP contribution in [-0.2, 0) is 19.1 Å². The SMILES string of the molecule is Cc1cc(OCCN(C)C(=O)c2nnc3n2CCCC3)cc(C(F)(F)F)c1. The summed E-state index contributed by atoms with van der Waals surface area (Å²) in [7, 11) is 1.60. The Morgan fingerprint density at radius 2 is 2.04 bits per heavy atom. The zero-order valence-electron chi connectivity index (χ0n) is 15.2. The van der Waals surface area contributed by atoms with Crippen molar-refractivity contribution >= 4 is 5.91 Å². The molecule has 0 bridgehead atoms. The van der Waals surface area contributed by atoms with Crippen molar-refractivity contribution in [3.8, 4) is 5.75 Å². The third-order valence-corrected chi connectivity index (χ3v) is 4.47. The Kier molecular flexibility index (Phi) is 5.38. The van der Waals surface area contributed by atoms with E-state index < -0.39 is 11.7 Å². The fraction of sp³-hybridized carbons (Fsp3) is 0.500. The molecule has 146 valence electrons. The molecule has 1 aliphatic heterocycles. The van der Waals surface area contributed by atoms with Crippen molar-refractivity contribution in [2.45, 2.75) is 38.9 Å². The van der Waals surface area contributed by atoms with Crippen molar-refractivity contribution in [2.75, 3.05) is 20.2 Å². The van der Waals surface area contributed by atoms with Crippen molar-refractivity contribution in [2.24, 2.45) is 0 Å². The first-order valence-corrected chi connectivity index (χ1v) is 8.75. The monoisotopic (exact) mass is 382 g/mol. The summed E-state index contributed by atoms with van der Waals surface area (Å²) in [4.78, 5) is 14.0. The molecule has 0 aliphatic carbocycles. The first kappa shape index (κ1) is 19.2. The molecule has 6 nitrogen and oxygen atoms in total. The number of carbonyl (C=O) groups excluding carboxylic acids is 1. The Bertz CT molecular complexity index is 832. The van der Waals surface area contributed by atoms with Crippen LogP contribution < -0.4 is 4.74 Å². The fourth-order valence-corrected chi connectivity index (χ4v) is 3.03. The largest absolute Gasteiger partial charge is 0.492 e. The van der Waals surface area contributed by atoms with Crippen molar-refractivity contribution in [3.05, 3.63) is 41.0 Å². The lowest BCUT2D eigenvalue weighted by molar-refractivity contribution is -0.137. The van der Waals surface area contributed by atoms with Gasteiger partial charge >= 0.3 is 6.18 Å². The molecule has 27 heavy (non-hydrogen) atoms. The van der Waals surface area contributed by atoms with E-state index >= 15 is 0 Å². The summed E-state index contributed by atoms with van der Waals surface area (Å²) in [5, 5.41) is 8.05. The lowest BCUT2D eigenvalue weighted by atomic mass is 10.1. The van der Waals surface area contributed by atoms with Gasteiger partial charge in [0.15, 0.2) is 0 Å². The van der Waals surface area contributed by atoms with Gasteiger partial charge in [-0.15, -0.1) is 10.2 Å². The minimum absolute atomic E-state index is 0.0734. The van der Waals surface area contributed by atoms with Crippen LogP contribution in [0.2, 0.25) is 0 Å². The lowest BCUT2D eigenvalue weighted by Gasteiger charge is -2.19. The Balaban J connectivity index is 1.60. The number of hydrogen-bond donors (Lipinski definition) is 0. The number of alkyl halides is 3. The number of carbonyl (C=O) groups is 1. The molecule has 3 rings (SSSR count). The third-order valence-electron chi connectivity index (χ3n) is 4.47. The normalized spacial score (nSPS) is 14.0. The molecule has 0 fully saturated rings. The molecule has 0 radical (unpaired) electrons. The number of likely N-dealkylation sites (N-methyl/N-ethyl adjacent to an activating group) is 1. The average molecular weight is 382 g/mol. The van der Waals surface area contributed by atoms with Gasteiger partial charge in [0.05, 0.1) is 12.1 Å². The molecule has 2 aromatic rings. The van der Waals surface area contributed by atoms with E-state index in [1.165, 1.54) is 11.0 Å². The second-order valence-electron chi connectivity index (χ2n) is 6.66. The minimum Gasteiger partial charge on any atom is -0.492 e. The van der Waals surface area contributed by atoms with Gasteiger partial charge in [0.25, 0.3) is 5.91 Å². The van der Waals surface area contributed by atoms with E-state index in [4.69, 9.17) is 4.74 Å². The number of ether oxygens (including phenoxy) is 1. The topological polar surface area (TPSA) is 60.2 Å². The molecule has 2 heterocycles. The highest BCUT2D eigenvalue weighted by Crippen LogP contribution is 2.32. The molecule has 1 aromatic carbocycles. The molecule has 9 heteroatoms. The van der Waals surface area contributed by atoms with Crippen LogP contribution in [0.5, 0.6) is 5.75 Å². The zero-order valence-corrected chi connectivity index (χ0v) is 15.2. The van der Waals surface area contributed by atoms with Crippen LogP contribution in [0, 0.1) is 6.92 Å². The minimum atomic E-state index is -4.43. The van der Waals surface area contributed by atoms with Crippen LogP contribution in [0.3, 0.4) is 0 Å². The summed E-state index contributed by atoms with van der Waals surface area (Å²) in [6.45, 7) is 2.59. The van der Waals surface area contributed by atoms with Crippen molar-refractivity contribution in [1.29, 1.82) is 0 Å². The van der Waals surface area contributed by atoms with Crippen LogP contribution in [0.15, 0.2) is 18.2 Å². The first-order valence-electron chi connectivity index (χ1n) is 8.75. The summed E-state index contributed by atoms with van der Waals surface area (Å²) >= 11 is 0. The van der Waals surface area contributed by atoms with Gasteiger partial charge in [-0.05, 0) is 43.5 Å². The van der Waals surface area contributed by atoms with Crippen molar-refractivity contribution in [1.82, 2.24) is 19.7 Å². The van der Waals surface area contributed by atoms with E-state index in [1.807, 2.05) is 4.57 Å². The lowest BCUT2D eigenvalue weighted by Crippen LogP contribution is -2.33. The summed E-state index contributed by atoms with van der Waals surface area (Å²) in [6, 6.07) is 3.56. The maximum absolute atomic E-state index is 12.9. The number of fused-ring (bicyclic) bond motifs is 1. The molecule has 0 N–H and O–H groups in total. The molecule has 1 amide bonds. The summed E-state index contributed by atoms with van der Waals surface area (Å²) in [5.74, 6) is 0.957. The molecular weight excluding hydrogens is 361 g/mol. The molecule has 0 unspecified atom stereocenters. The molecule has 1 aliphatic rings. The Morgan fingerprint density at radius 3 is 2.78 bits per heavy atom. The van der Waals surface area contributed by atoms with Gasteiger partial charge < -0.3 is 14.2 Å². The van der Waals surface area contributed by atoms with Crippen molar-refractivity contribution < 1.29 is 22.7 Å². The standard InChI is InChI=1S/C18H21F3N4O2/c1-12-9-13(18(19,20)21)11-14(10-12)27-8-7-24(2)17(26)16-23-22-15-5-3-4-6-25(15)16/h9-11H,3-8H2,1-2H3. The van der Waals surface area contributed by atoms with E-state index in [0.717, 1.165) is 43.8 Å². The highest BCUT2D eigenvalue weighted by Gasteiger charge is 2.31. The van der Waals surface area contributed by atoms with Crippen LogP contribution in [0.4, 0.5) is 13.2 Å². The number of rotatable bonds is 5. The first-order chi connectivity index (χ1) is 12.8. The van der Waals surface area contributed by atoms with Gasteiger partial charge in [0, 0.05) is 20.0 Å². The third kappa shape index (κ3) is 4.40. The van der Waals surface area contributed by atoms with Gasteiger partial charge in [-0.25, -0.2) is 0 Å². The Labute approximate surface area is 154 Å². The van der Waals surface area contributed by atoms with Crippen LogP contribution in [0.1, 0.15) is 40.4 Å². The smallest absolute Gasteiger partial charge is 0.416 e. The number of aryl methyl sites for hydroxylation is 2. The van der Waals surface area contributed by atoms with Crippen LogP contribution in [-0.4, -0.2) is 45.8 Å². The van der Waals surface area contributed by atoms with Gasteiger partial charge in [0.1, 0.15) is 18.2 Å². The Hall–Kier alpha value is -2.58. The van der Waals surface area contributed by atoms with Crippen LogP contribution >= 0.6 is 0 Å². The second kappa shape index (κ2) is 7.58. The van der Waals surface area contributed by atoms with Crippen molar-refractivity contribution in [3.63, 3.8) is 0 Å². The molecule has 0 spiro atoms. The van der Waals surface area contributed by atoms with E-state index in [2.05, 4.69) is 10.2 Å². The predicted octanol–water partition coefficient (Wildman–Crippen LogP) is 3.09. The number of amides is 1. The molecule has 0 saturated carbocycles. The van der Waals surface area contributed by atoms with E-state index in [0.29, 0.717) is 11.4 Å². The van der Waals surface area contributed by atoms with Gasteiger partial charge in [-0.3, -0.25) is 4.79 Å². The van der Waals surface area contributed by atoms with Gasteiger partial charge in [0.2, 0.25) is 5.82 Å². The summed E-state index contributed by atoms with van der Waals surface area (Å²) in [6.07, 6.45) is -1.61. The number of halogens is 3. The number of nitrogens with zero attached hydrogens (tertiary/aromatic N) is 4. The highest BCUT2D eigenvalue weighted by molar-refractivity contribution is 5.90. The quantitative estimate of drug-likeness (QED) is 0.797. The van der Waals surface area contributed by atoms with E-state index in [-0.39, 0.29) is 24.8 Å². The fourth-order valence-electron chi connectivity index (χ4n) is 3.03. The number of benzene rings is 1. The number of aromatic nitrogens is 3. The van der Waals surface area contributed by atoms with Crippen LogP contribution in [0.25, 0.3) is 0 Å².